The molecule has 128 valence electrons. The highest BCUT2D eigenvalue weighted by Crippen LogP contribution is 2.42. The van der Waals surface area contributed by atoms with Crippen LogP contribution in [0.25, 0.3) is 0 Å². The third-order valence-electron chi connectivity index (χ3n) is 4.46. The zero-order chi connectivity index (χ0) is 17.1. The Bertz CT molecular complexity index is 789. The van der Waals surface area contributed by atoms with Crippen molar-refractivity contribution in [1.29, 1.82) is 0 Å². The lowest BCUT2D eigenvalue weighted by molar-refractivity contribution is 0.506. The van der Waals surface area contributed by atoms with Crippen LogP contribution in [0.15, 0.2) is 87.3 Å². The first-order chi connectivity index (χ1) is 12.2. The van der Waals surface area contributed by atoms with Gasteiger partial charge in [-0.1, -0.05) is 72.1 Å². The summed E-state index contributed by atoms with van der Waals surface area (Å²) in [6.07, 6.45) is 16.5. The minimum absolute atomic E-state index is 0.231. The summed E-state index contributed by atoms with van der Waals surface area (Å²) < 4.78 is 0. The largest absolute Gasteiger partial charge is 0.289 e. The van der Waals surface area contributed by atoms with E-state index in [0.717, 1.165) is 30.0 Å². The van der Waals surface area contributed by atoms with Crippen LogP contribution in [0.1, 0.15) is 26.2 Å². The van der Waals surface area contributed by atoms with Crippen LogP contribution in [0.2, 0.25) is 0 Å². The molecular weight excluding hydrogens is 344 g/mol. The van der Waals surface area contributed by atoms with Crippen molar-refractivity contribution >= 4 is 28.6 Å². The summed E-state index contributed by atoms with van der Waals surface area (Å²) >= 11 is 3.65. The molecule has 25 heavy (non-hydrogen) atoms. The Kier molecular flexibility index (Phi) is 5.02. The van der Waals surface area contributed by atoms with Crippen LogP contribution in [0.3, 0.4) is 0 Å². The molecule has 0 spiro atoms. The van der Waals surface area contributed by atoms with Crippen molar-refractivity contribution in [2.24, 2.45) is 4.99 Å². The van der Waals surface area contributed by atoms with E-state index in [1.807, 2.05) is 11.8 Å². The first kappa shape index (κ1) is 17.0. The molecular formula is C21H22N2S2. The minimum atomic E-state index is -0.231. The van der Waals surface area contributed by atoms with Gasteiger partial charge in [-0.05, 0) is 44.4 Å². The van der Waals surface area contributed by atoms with E-state index >= 15 is 0 Å². The summed E-state index contributed by atoms with van der Waals surface area (Å²) in [5.74, 6) is 0. The second kappa shape index (κ2) is 7.40. The SMILES string of the molecule is CC1(Sc2ccccc2)NC2CC=CC=C2N=C1SC1=CCCC=C1. The predicted octanol–water partition coefficient (Wildman–Crippen LogP) is 5.68. The smallest absolute Gasteiger partial charge is 0.116 e. The van der Waals surface area contributed by atoms with E-state index in [4.69, 9.17) is 4.99 Å². The van der Waals surface area contributed by atoms with Gasteiger partial charge in [0.1, 0.15) is 9.91 Å². The third-order valence-corrected chi connectivity index (χ3v) is 7.05. The van der Waals surface area contributed by atoms with Gasteiger partial charge in [-0.15, -0.1) is 0 Å². The van der Waals surface area contributed by atoms with E-state index in [-0.39, 0.29) is 4.87 Å². The fourth-order valence-electron chi connectivity index (χ4n) is 3.18. The Morgan fingerprint density at radius 1 is 1.16 bits per heavy atom. The monoisotopic (exact) mass is 366 g/mol. The van der Waals surface area contributed by atoms with Crippen LogP contribution < -0.4 is 5.32 Å². The highest BCUT2D eigenvalue weighted by Gasteiger charge is 2.40. The van der Waals surface area contributed by atoms with Crippen LogP contribution in [-0.2, 0) is 0 Å². The molecule has 1 aliphatic heterocycles. The Morgan fingerprint density at radius 3 is 2.84 bits per heavy atom. The number of allylic oxidation sites excluding steroid dienone is 5. The van der Waals surface area contributed by atoms with Gasteiger partial charge in [-0.3, -0.25) is 5.32 Å². The number of fused-ring (bicyclic) bond motifs is 1. The average molecular weight is 367 g/mol. The van der Waals surface area contributed by atoms with Crippen LogP contribution in [0.4, 0.5) is 0 Å². The molecule has 2 aliphatic carbocycles. The topological polar surface area (TPSA) is 24.4 Å². The van der Waals surface area contributed by atoms with Crippen molar-refractivity contribution in [1.82, 2.24) is 5.32 Å². The van der Waals surface area contributed by atoms with Crippen LogP contribution in [0.5, 0.6) is 0 Å². The van der Waals surface area contributed by atoms with E-state index in [0.29, 0.717) is 6.04 Å². The minimum Gasteiger partial charge on any atom is -0.289 e. The van der Waals surface area contributed by atoms with Crippen LogP contribution in [0, 0.1) is 0 Å². The molecule has 0 radical (unpaired) electrons. The van der Waals surface area contributed by atoms with Crippen molar-refractivity contribution in [2.75, 3.05) is 0 Å². The van der Waals surface area contributed by atoms with Gasteiger partial charge >= 0.3 is 0 Å². The zero-order valence-corrected chi connectivity index (χ0v) is 15.9. The molecule has 2 unspecified atom stereocenters. The summed E-state index contributed by atoms with van der Waals surface area (Å²) in [7, 11) is 0. The molecule has 2 nitrogen and oxygen atoms in total. The number of hydrogen-bond donors (Lipinski definition) is 1. The van der Waals surface area contributed by atoms with E-state index in [9.17, 15) is 0 Å². The van der Waals surface area contributed by atoms with Crippen molar-refractivity contribution in [2.45, 2.75) is 42.0 Å². The molecule has 4 heteroatoms. The molecule has 1 heterocycles. The van der Waals surface area contributed by atoms with Gasteiger partial charge in [0.15, 0.2) is 0 Å². The fourth-order valence-corrected chi connectivity index (χ4v) is 5.52. The second-order valence-electron chi connectivity index (χ2n) is 6.51. The van der Waals surface area contributed by atoms with Gasteiger partial charge in [0.2, 0.25) is 0 Å². The number of rotatable bonds is 3. The molecule has 1 N–H and O–H groups in total. The van der Waals surface area contributed by atoms with Crippen molar-refractivity contribution in [3.8, 4) is 0 Å². The van der Waals surface area contributed by atoms with Crippen molar-refractivity contribution < 1.29 is 0 Å². The first-order valence-corrected chi connectivity index (χ1v) is 10.4. The maximum Gasteiger partial charge on any atom is 0.116 e. The standard InChI is InChI=1S/C21H22N2S2/c1-21(25-17-12-6-3-7-13-17)20(24-16-10-4-2-5-11-16)22-18-14-8-9-15-19(18)23-21/h3-4,6-14,19,23H,2,5,15H2,1H3. The van der Waals surface area contributed by atoms with Gasteiger partial charge in [0, 0.05) is 9.80 Å². The number of aliphatic imine (C=N–C) groups is 1. The quantitative estimate of drug-likeness (QED) is 0.745. The number of nitrogens with one attached hydrogen (secondary N) is 1. The number of nitrogens with zero attached hydrogens (tertiary/aromatic N) is 1. The van der Waals surface area contributed by atoms with E-state index < -0.39 is 0 Å². The molecule has 3 aliphatic rings. The average Bonchev–Trinajstić information content (AvgIpc) is 2.64. The summed E-state index contributed by atoms with van der Waals surface area (Å²) in [6, 6.07) is 10.9. The first-order valence-electron chi connectivity index (χ1n) is 8.75. The normalized spacial score (nSPS) is 28.0. The highest BCUT2D eigenvalue weighted by atomic mass is 32.2. The maximum atomic E-state index is 5.08. The fraction of sp³-hybridized carbons (Fsp3) is 0.286. The number of benzene rings is 1. The lowest BCUT2D eigenvalue weighted by Gasteiger charge is -2.40. The van der Waals surface area contributed by atoms with E-state index in [1.165, 1.54) is 9.80 Å². The molecule has 4 rings (SSSR count). The molecule has 2 atom stereocenters. The van der Waals surface area contributed by atoms with E-state index in [2.05, 4.69) is 79.0 Å². The molecule has 0 aromatic heterocycles. The number of thioether (sulfide) groups is 2. The van der Waals surface area contributed by atoms with Crippen molar-refractivity contribution in [3.63, 3.8) is 0 Å². The molecule has 1 aromatic rings. The second-order valence-corrected chi connectivity index (χ2v) is 9.06. The molecule has 0 bridgehead atoms. The van der Waals surface area contributed by atoms with Crippen molar-refractivity contribution in [3.05, 3.63) is 77.4 Å². The summed E-state index contributed by atoms with van der Waals surface area (Å²) in [5, 5.41) is 5.00. The Labute approximate surface area is 158 Å². The summed E-state index contributed by atoms with van der Waals surface area (Å²) in [5.41, 5.74) is 1.15. The molecule has 0 saturated carbocycles. The lowest BCUT2D eigenvalue weighted by atomic mass is 10.0. The molecule has 0 saturated heterocycles. The summed E-state index contributed by atoms with van der Waals surface area (Å²) in [6.45, 7) is 2.26. The van der Waals surface area contributed by atoms with Gasteiger partial charge in [0.05, 0.1) is 11.7 Å². The summed E-state index contributed by atoms with van der Waals surface area (Å²) in [4.78, 5) is 7.41. The Balaban J connectivity index is 1.67. The third kappa shape index (κ3) is 3.86. The zero-order valence-electron chi connectivity index (χ0n) is 14.3. The van der Waals surface area contributed by atoms with Gasteiger partial charge in [-0.25, -0.2) is 4.99 Å². The van der Waals surface area contributed by atoms with Gasteiger partial charge in [0.25, 0.3) is 0 Å². The Hall–Kier alpha value is -1.49. The molecule has 0 fully saturated rings. The predicted molar refractivity (Wildman–Crippen MR) is 111 cm³/mol. The number of hydrogen-bond acceptors (Lipinski definition) is 4. The van der Waals surface area contributed by atoms with Crippen LogP contribution in [-0.4, -0.2) is 16.0 Å². The molecule has 1 aromatic carbocycles. The van der Waals surface area contributed by atoms with Gasteiger partial charge in [-0.2, -0.15) is 0 Å². The molecule has 0 amide bonds. The lowest BCUT2D eigenvalue weighted by Crippen LogP contribution is -2.54. The van der Waals surface area contributed by atoms with E-state index in [1.54, 1.807) is 11.8 Å². The Morgan fingerprint density at radius 2 is 2.04 bits per heavy atom. The van der Waals surface area contributed by atoms with Gasteiger partial charge < -0.3 is 0 Å². The van der Waals surface area contributed by atoms with Crippen LogP contribution >= 0.6 is 23.5 Å². The maximum absolute atomic E-state index is 5.08. The highest BCUT2D eigenvalue weighted by molar-refractivity contribution is 8.19.